The van der Waals surface area contributed by atoms with E-state index < -0.39 is 10.0 Å². The van der Waals surface area contributed by atoms with Crippen LogP contribution in [0, 0.1) is 0 Å². The van der Waals surface area contributed by atoms with Gasteiger partial charge in [0, 0.05) is 27.8 Å². The van der Waals surface area contributed by atoms with Crippen LogP contribution >= 0.6 is 11.6 Å². The molecule has 0 aliphatic carbocycles. The molecule has 4 aromatic rings. The van der Waals surface area contributed by atoms with Gasteiger partial charge in [-0.3, -0.25) is 4.72 Å². The van der Waals surface area contributed by atoms with Gasteiger partial charge in [-0.15, -0.1) is 0 Å². The van der Waals surface area contributed by atoms with Gasteiger partial charge in [0.05, 0.1) is 30.1 Å². The Bertz CT molecular complexity index is 1330. The highest BCUT2D eigenvalue weighted by Crippen LogP contribution is 2.34. The number of methoxy groups -OCH3 is 1. The van der Waals surface area contributed by atoms with E-state index in [1.807, 2.05) is 12.1 Å². The van der Waals surface area contributed by atoms with Crippen molar-refractivity contribution in [1.29, 1.82) is 0 Å². The van der Waals surface area contributed by atoms with E-state index in [0.717, 1.165) is 28.5 Å². The Morgan fingerprint density at radius 2 is 1.66 bits per heavy atom. The second-order valence-corrected chi connectivity index (χ2v) is 8.63. The molecule has 0 aliphatic heterocycles. The van der Waals surface area contributed by atoms with E-state index >= 15 is 0 Å². The van der Waals surface area contributed by atoms with Crippen LogP contribution in [-0.2, 0) is 10.0 Å². The molecule has 2 N–H and O–H groups in total. The van der Waals surface area contributed by atoms with Crippen molar-refractivity contribution in [3.63, 3.8) is 0 Å². The van der Waals surface area contributed by atoms with Gasteiger partial charge in [0.1, 0.15) is 5.52 Å². The maximum absolute atomic E-state index is 11.4. The van der Waals surface area contributed by atoms with E-state index in [1.165, 1.54) is 0 Å². The van der Waals surface area contributed by atoms with Gasteiger partial charge in [-0.2, -0.15) is 0 Å². The number of halogens is 1. The Morgan fingerprint density at radius 1 is 0.931 bits per heavy atom. The Kier molecular flexibility index (Phi) is 4.89. The maximum Gasteiger partial charge on any atom is 0.229 e. The Hall–Kier alpha value is -3.10. The topological polar surface area (TPSA) is 93.2 Å². The van der Waals surface area contributed by atoms with Crippen molar-refractivity contribution in [2.45, 2.75) is 0 Å². The van der Waals surface area contributed by atoms with Crippen molar-refractivity contribution >= 4 is 60.6 Å². The largest absolute Gasteiger partial charge is 0.481 e. The molecule has 0 saturated carbocycles. The third kappa shape index (κ3) is 4.18. The van der Waals surface area contributed by atoms with Crippen LogP contribution < -0.4 is 14.8 Å². The van der Waals surface area contributed by atoms with E-state index in [2.05, 4.69) is 20.0 Å². The molecule has 0 bridgehead atoms. The zero-order chi connectivity index (χ0) is 20.6. The molecule has 2 aromatic carbocycles. The molecule has 29 heavy (non-hydrogen) atoms. The van der Waals surface area contributed by atoms with Crippen LogP contribution in [0.25, 0.3) is 21.9 Å². The third-order valence-electron chi connectivity index (χ3n) is 4.22. The van der Waals surface area contributed by atoms with E-state index in [4.69, 9.17) is 16.3 Å². The van der Waals surface area contributed by atoms with Gasteiger partial charge >= 0.3 is 0 Å². The number of nitrogens with one attached hydrogen (secondary N) is 2. The second-order valence-electron chi connectivity index (χ2n) is 6.45. The minimum Gasteiger partial charge on any atom is -0.481 e. The molecule has 2 heterocycles. The number of rotatable bonds is 5. The highest BCUT2D eigenvalue weighted by molar-refractivity contribution is 7.92. The van der Waals surface area contributed by atoms with Crippen molar-refractivity contribution in [3.05, 3.63) is 59.6 Å². The summed E-state index contributed by atoms with van der Waals surface area (Å²) in [7, 11) is -1.77. The number of aromatic nitrogens is 2. The molecular weight excluding hydrogens is 412 g/mol. The van der Waals surface area contributed by atoms with Gasteiger partial charge in [-0.05, 0) is 48.5 Å². The monoisotopic (exact) mass is 428 g/mol. The molecule has 0 unspecified atom stereocenters. The summed E-state index contributed by atoms with van der Waals surface area (Å²) in [6.45, 7) is 0. The number of fused-ring (bicyclic) bond motifs is 2. The summed E-state index contributed by atoms with van der Waals surface area (Å²) in [6.07, 6.45) is 1.11. The quantitative estimate of drug-likeness (QED) is 0.452. The average Bonchev–Trinajstić information content (AvgIpc) is 2.67. The van der Waals surface area contributed by atoms with Crippen molar-refractivity contribution < 1.29 is 13.2 Å². The maximum atomic E-state index is 11.4. The normalized spacial score (nSPS) is 11.6. The van der Waals surface area contributed by atoms with Crippen molar-refractivity contribution in [2.75, 3.05) is 23.4 Å². The van der Waals surface area contributed by atoms with Crippen molar-refractivity contribution in [1.82, 2.24) is 9.97 Å². The smallest absolute Gasteiger partial charge is 0.229 e. The standard InChI is InChI=1S/C20H17ClN4O3S/c1-28-18-10-9-16-20(24-18)19(15-8-3-12(21)11-17(15)23-16)22-13-4-6-14(7-5-13)25-29(2,26)27/h3-11,25H,1-2H3,(H,22,23). The van der Waals surface area contributed by atoms with Gasteiger partial charge < -0.3 is 10.1 Å². The summed E-state index contributed by atoms with van der Waals surface area (Å²) in [5.74, 6) is 0.475. The Labute approximate surface area is 172 Å². The predicted molar refractivity (Wildman–Crippen MR) is 117 cm³/mol. The lowest BCUT2D eigenvalue weighted by Gasteiger charge is -2.14. The number of sulfonamides is 1. The summed E-state index contributed by atoms with van der Waals surface area (Å²) in [5, 5.41) is 4.81. The SMILES string of the molecule is COc1ccc2nc3cc(Cl)ccc3c(Nc3ccc(NS(C)(=O)=O)cc3)c2n1. The number of benzene rings is 2. The molecule has 4 rings (SSSR count). The first-order chi connectivity index (χ1) is 13.8. The Morgan fingerprint density at radius 3 is 2.34 bits per heavy atom. The molecule has 9 heteroatoms. The number of nitrogens with zero attached hydrogens (tertiary/aromatic N) is 2. The van der Waals surface area contributed by atoms with Crippen LogP contribution in [-0.4, -0.2) is 31.8 Å². The van der Waals surface area contributed by atoms with Gasteiger partial charge in [0.2, 0.25) is 15.9 Å². The first-order valence-corrected chi connectivity index (χ1v) is 10.9. The second kappa shape index (κ2) is 7.38. The highest BCUT2D eigenvalue weighted by atomic mass is 35.5. The van der Waals surface area contributed by atoms with Crippen LogP contribution in [0.15, 0.2) is 54.6 Å². The first-order valence-electron chi connectivity index (χ1n) is 8.61. The fourth-order valence-corrected chi connectivity index (χ4v) is 3.72. The number of hydrogen-bond acceptors (Lipinski definition) is 6. The van der Waals surface area contributed by atoms with E-state index in [1.54, 1.807) is 49.6 Å². The third-order valence-corrected chi connectivity index (χ3v) is 5.06. The van der Waals surface area contributed by atoms with E-state index in [-0.39, 0.29) is 0 Å². The van der Waals surface area contributed by atoms with E-state index in [0.29, 0.717) is 27.6 Å². The molecule has 0 amide bonds. The van der Waals surface area contributed by atoms with Crippen molar-refractivity contribution in [2.24, 2.45) is 0 Å². The van der Waals surface area contributed by atoms with Crippen LogP contribution in [0.1, 0.15) is 0 Å². The summed E-state index contributed by atoms with van der Waals surface area (Å²) in [6, 6.07) is 16.0. The lowest BCUT2D eigenvalue weighted by molar-refractivity contribution is 0.399. The van der Waals surface area contributed by atoms with Gasteiger partial charge in [-0.25, -0.2) is 18.4 Å². The van der Waals surface area contributed by atoms with Crippen molar-refractivity contribution in [3.8, 4) is 5.88 Å². The first kappa shape index (κ1) is 19.2. The molecular formula is C20H17ClN4O3S. The summed E-state index contributed by atoms with van der Waals surface area (Å²) in [5.41, 5.74) is 4.07. The van der Waals surface area contributed by atoms with E-state index in [9.17, 15) is 8.42 Å². The number of pyridine rings is 2. The number of anilines is 3. The molecule has 2 aromatic heterocycles. The summed E-state index contributed by atoms with van der Waals surface area (Å²) >= 11 is 6.15. The lowest BCUT2D eigenvalue weighted by Crippen LogP contribution is -2.09. The molecule has 0 spiro atoms. The van der Waals surface area contributed by atoms with Gasteiger partial charge in [-0.1, -0.05) is 11.6 Å². The minimum atomic E-state index is -3.33. The van der Waals surface area contributed by atoms with Crippen LogP contribution in [0.2, 0.25) is 5.02 Å². The molecule has 0 aliphatic rings. The average molecular weight is 429 g/mol. The van der Waals surface area contributed by atoms with Crippen LogP contribution in [0.3, 0.4) is 0 Å². The summed E-state index contributed by atoms with van der Waals surface area (Å²) in [4.78, 5) is 9.21. The molecule has 0 saturated heterocycles. The van der Waals surface area contributed by atoms with Crippen LogP contribution in [0.5, 0.6) is 5.88 Å². The zero-order valence-electron chi connectivity index (χ0n) is 15.6. The van der Waals surface area contributed by atoms with Gasteiger partial charge in [0.15, 0.2) is 0 Å². The number of ether oxygens (including phenoxy) is 1. The zero-order valence-corrected chi connectivity index (χ0v) is 17.2. The molecule has 0 fully saturated rings. The number of hydrogen-bond donors (Lipinski definition) is 2. The van der Waals surface area contributed by atoms with Crippen LogP contribution in [0.4, 0.5) is 17.1 Å². The molecule has 7 nitrogen and oxygen atoms in total. The minimum absolute atomic E-state index is 0.475. The predicted octanol–water partition coefficient (Wildman–Crippen LogP) is 4.56. The highest BCUT2D eigenvalue weighted by Gasteiger charge is 2.13. The lowest BCUT2D eigenvalue weighted by atomic mass is 10.1. The summed E-state index contributed by atoms with van der Waals surface area (Å²) < 4.78 is 30.5. The fourth-order valence-electron chi connectivity index (χ4n) is 2.99. The molecule has 0 atom stereocenters. The van der Waals surface area contributed by atoms with Gasteiger partial charge in [0.25, 0.3) is 0 Å². The Balaban J connectivity index is 1.84. The molecule has 148 valence electrons. The fraction of sp³-hybridized carbons (Fsp3) is 0.100. The molecule has 0 radical (unpaired) electrons.